The first kappa shape index (κ1) is 17.4. The van der Waals surface area contributed by atoms with Gasteiger partial charge in [-0.25, -0.2) is 4.68 Å². The number of nitrogens with one attached hydrogen (secondary N) is 2. The first-order valence-electron chi connectivity index (χ1n) is 8.09. The number of anilines is 1. The van der Waals surface area contributed by atoms with Crippen LogP contribution in [0.3, 0.4) is 0 Å². The van der Waals surface area contributed by atoms with Gasteiger partial charge in [0.15, 0.2) is 5.69 Å². The molecule has 2 aromatic heterocycles. The lowest BCUT2D eigenvalue weighted by Crippen LogP contribution is -2.17. The van der Waals surface area contributed by atoms with Gasteiger partial charge in [-0.2, -0.15) is 10.2 Å². The van der Waals surface area contributed by atoms with Crippen molar-refractivity contribution in [1.29, 1.82) is 0 Å². The lowest BCUT2D eigenvalue weighted by atomic mass is 10.1. The Bertz CT molecular complexity index is 882. The Morgan fingerprint density at radius 1 is 1.32 bits per heavy atom. The number of carbonyl (C=O) groups is 1. The molecular formula is C18H20BrN5O. The minimum absolute atomic E-state index is 0.245. The van der Waals surface area contributed by atoms with Crippen molar-refractivity contribution in [3.63, 3.8) is 0 Å². The van der Waals surface area contributed by atoms with Crippen molar-refractivity contribution in [2.45, 2.75) is 33.2 Å². The maximum absolute atomic E-state index is 12.6. The monoisotopic (exact) mass is 401 g/mol. The van der Waals surface area contributed by atoms with Crippen LogP contribution in [-0.4, -0.2) is 25.9 Å². The average molecular weight is 402 g/mol. The molecule has 2 N–H and O–H groups in total. The van der Waals surface area contributed by atoms with E-state index in [9.17, 15) is 4.79 Å². The number of nitrogens with zero attached hydrogens (tertiary/aromatic N) is 3. The quantitative estimate of drug-likeness (QED) is 0.675. The molecule has 2 heterocycles. The summed E-state index contributed by atoms with van der Waals surface area (Å²) in [5, 5.41) is 14.4. The molecule has 6 nitrogen and oxygen atoms in total. The van der Waals surface area contributed by atoms with Crippen LogP contribution in [0, 0.1) is 6.92 Å². The topological polar surface area (TPSA) is 75.6 Å². The second-order valence-electron chi connectivity index (χ2n) is 6.22. The Hall–Kier alpha value is -2.41. The Morgan fingerprint density at radius 2 is 2.04 bits per heavy atom. The number of hydrogen-bond acceptors (Lipinski definition) is 3. The first-order chi connectivity index (χ1) is 12.0. The van der Waals surface area contributed by atoms with E-state index in [4.69, 9.17) is 0 Å². The molecule has 130 valence electrons. The summed E-state index contributed by atoms with van der Waals surface area (Å²) in [6.07, 6.45) is 0. The summed E-state index contributed by atoms with van der Waals surface area (Å²) in [5.41, 5.74) is 3.20. The van der Waals surface area contributed by atoms with Crippen molar-refractivity contribution in [2.24, 2.45) is 0 Å². The minimum atomic E-state index is -0.274. The van der Waals surface area contributed by atoms with Crippen LogP contribution in [0.4, 0.5) is 5.82 Å². The van der Waals surface area contributed by atoms with E-state index in [0.717, 1.165) is 17.0 Å². The molecule has 7 heteroatoms. The first-order valence-corrected chi connectivity index (χ1v) is 8.88. The molecule has 0 aliphatic rings. The minimum Gasteiger partial charge on any atom is -0.305 e. The number of rotatable bonds is 5. The van der Waals surface area contributed by atoms with Crippen LogP contribution in [-0.2, 0) is 6.54 Å². The van der Waals surface area contributed by atoms with Crippen molar-refractivity contribution in [2.75, 3.05) is 5.32 Å². The SMILES string of the molecule is Cc1cc(NC(=O)c2n[nH]c(C(C)C)c2Br)n(Cc2ccccc2)n1. The molecule has 1 amide bonds. The molecular weight excluding hydrogens is 382 g/mol. The van der Waals surface area contributed by atoms with E-state index in [2.05, 4.69) is 36.5 Å². The van der Waals surface area contributed by atoms with Crippen LogP contribution < -0.4 is 5.32 Å². The van der Waals surface area contributed by atoms with Crippen molar-refractivity contribution in [3.8, 4) is 0 Å². The second-order valence-corrected chi connectivity index (χ2v) is 7.02. The summed E-state index contributed by atoms with van der Waals surface area (Å²) in [7, 11) is 0. The number of aryl methyl sites for hydroxylation is 1. The molecule has 0 spiro atoms. The van der Waals surface area contributed by atoms with Crippen LogP contribution >= 0.6 is 15.9 Å². The van der Waals surface area contributed by atoms with E-state index < -0.39 is 0 Å². The molecule has 0 unspecified atom stereocenters. The van der Waals surface area contributed by atoms with Crippen LogP contribution in [0.15, 0.2) is 40.9 Å². The number of benzene rings is 1. The zero-order chi connectivity index (χ0) is 18.0. The maximum atomic E-state index is 12.6. The maximum Gasteiger partial charge on any atom is 0.278 e. The molecule has 0 radical (unpaired) electrons. The van der Waals surface area contributed by atoms with Gasteiger partial charge in [-0.05, 0) is 34.3 Å². The van der Waals surface area contributed by atoms with Gasteiger partial charge in [0.2, 0.25) is 0 Å². The molecule has 1 aromatic carbocycles. The molecule has 0 fully saturated rings. The van der Waals surface area contributed by atoms with Gasteiger partial charge in [-0.3, -0.25) is 9.89 Å². The highest BCUT2D eigenvalue weighted by Gasteiger charge is 2.20. The molecule has 0 saturated carbocycles. The van der Waals surface area contributed by atoms with E-state index in [1.165, 1.54) is 0 Å². The summed E-state index contributed by atoms with van der Waals surface area (Å²) in [4.78, 5) is 12.6. The van der Waals surface area contributed by atoms with Crippen molar-refractivity contribution < 1.29 is 4.79 Å². The molecule has 3 aromatic rings. The van der Waals surface area contributed by atoms with Crippen LogP contribution in [0.2, 0.25) is 0 Å². The molecule has 3 rings (SSSR count). The van der Waals surface area contributed by atoms with Crippen molar-refractivity contribution >= 4 is 27.7 Å². The highest BCUT2D eigenvalue weighted by Crippen LogP contribution is 2.26. The third kappa shape index (κ3) is 3.82. The standard InChI is InChI=1S/C18H20BrN5O/c1-11(2)16-15(19)17(22-21-16)18(25)20-14-9-12(3)23-24(14)10-13-7-5-4-6-8-13/h4-9,11H,10H2,1-3H3,(H,20,25)(H,21,22). The molecule has 25 heavy (non-hydrogen) atoms. The van der Waals surface area contributed by atoms with Gasteiger partial charge < -0.3 is 5.32 Å². The third-order valence-electron chi connectivity index (χ3n) is 3.84. The van der Waals surface area contributed by atoms with E-state index in [1.54, 1.807) is 4.68 Å². The lowest BCUT2D eigenvalue weighted by Gasteiger charge is -2.08. The Balaban J connectivity index is 1.82. The van der Waals surface area contributed by atoms with E-state index in [-0.39, 0.29) is 11.8 Å². The van der Waals surface area contributed by atoms with Crippen molar-refractivity contribution in [3.05, 3.63) is 63.5 Å². The van der Waals surface area contributed by atoms with Gasteiger partial charge in [0.05, 0.1) is 22.4 Å². The number of aromatic amines is 1. The summed E-state index contributed by atoms with van der Waals surface area (Å²) in [5.74, 6) is 0.617. The lowest BCUT2D eigenvalue weighted by molar-refractivity contribution is 0.102. The number of hydrogen-bond donors (Lipinski definition) is 2. The molecule has 0 aliphatic carbocycles. The molecule has 0 atom stereocenters. The van der Waals surface area contributed by atoms with Gasteiger partial charge in [-0.15, -0.1) is 0 Å². The molecule has 0 aliphatic heterocycles. The fourth-order valence-electron chi connectivity index (χ4n) is 2.57. The second kappa shape index (κ2) is 7.23. The number of amides is 1. The Morgan fingerprint density at radius 3 is 2.68 bits per heavy atom. The summed E-state index contributed by atoms with van der Waals surface area (Å²) in [6, 6.07) is 11.9. The van der Waals surface area contributed by atoms with Crippen LogP contribution in [0.5, 0.6) is 0 Å². The number of carbonyl (C=O) groups excluding carboxylic acids is 1. The van der Waals surface area contributed by atoms with E-state index >= 15 is 0 Å². The zero-order valence-corrected chi connectivity index (χ0v) is 16.0. The normalized spacial score (nSPS) is 11.1. The fourth-order valence-corrected chi connectivity index (χ4v) is 3.39. The highest BCUT2D eigenvalue weighted by molar-refractivity contribution is 9.10. The average Bonchev–Trinajstić information content (AvgIpc) is 3.11. The van der Waals surface area contributed by atoms with E-state index in [1.807, 2.05) is 57.2 Å². The van der Waals surface area contributed by atoms with Gasteiger partial charge >= 0.3 is 0 Å². The summed E-state index contributed by atoms with van der Waals surface area (Å²) >= 11 is 3.47. The van der Waals surface area contributed by atoms with Crippen LogP contribution in [0.1, 0.15) is 47.2 Å². The van der Waals surface area contributed by atoms with Crippen molar-refractivity contribution in [1.82, 2.24) is 20.0 Å². The zero-order valence-electron chi connectivity index (χ0n) is 14.4. The van der Waals surface area contributed by atoms with Gasteiger partial charge in [0, 0.05) is 6.07 Å². The summed E-state index contributed by atoms with van der Waals surface area (Å²) < 4.78 is 2.48. The third-order valence-corrected chi connectivity index (χ3v) is 4.65. The number of H-pyrrole nitrogens is 1. The Kier molecular flexibility index (Phi) is 5.03. The van der Waals surface area contributed by atoms with Gasteiger partial charge in [0.25, 0.3) is 5.91 Å². The number of halogens is 1. The van der Waals surface area contributed by atoms with Gasteiger partial charge in [0.1, 0.15) is 5.82 Å². The fraction of sp³-hybridized carbons (Fsp3) is 0.278. The summed E-state index contributed by atoms with van der Waals surface area (Å²) in [6.45, 7) is 6.57. The Labute approximate surface area is 154 Å². The largest absolute Gasteiger partial charge is 0.305 e. The predicted molar refractivity (Wildman–Crippen MR) is 101 cm³/mol. The highest BCUT2D eigenvalue weighted by atomic mass is 79.9. The van der Waals surface area contributed by atoms with Crippen LogP contribution in [0.25, 0.3) is 0 Å². The van der Waals surface area contributed by atoms with E-state index in [0.29, 0.717) is 22.5 Å². The molecule has 0 saturated heterocycles. The smallest absolute Gasteiger partial charge is 0.278 e. The number of aromatic nitrogens is 4. The molecule has 0 bridgehead atoms. The van der Waals surface area contributed by atoms with Gasteiger partial charge in [-0.1, -0.05) is 44.2 Å². The predicted octanol–water partition coefficient (Wildman–Crippen LogP) is 4.10.